The molecule has 1 amide bonds. The highest BCUT2D eigenvalue weighted by molar-refractivity contribution is 7.67. The van der Waals surface area contributed by atoms with Crippen molar-refractivity contribution in [1.82, 2.24) is 5.43 Å². The normalized spacial score (nSPS) is 26.8. The number of carbonyl (C=O) groups excluding carboxylic acids is 1. The first-order chi connectivity index (χ1) is 11.4. The lowest BCUT2D eigenvalue weighted by Crippen LogP contribution is -2.37. The maximum atomic E-state index is 13.6. The van der Waals surface area contributed by atoms with Gasteiger partial charge in [-0.15, -0.1) is 0 Å². The Bertz CT molecular complexity index is 591. The lowest BCUT2D eigenvalue weighted by atomic mass is 9.75. The first kappa shape index (κ1) is 19.2. The summed E-state index contributed by atoms with van der Waals surface area (Å²) in [6.07, 6.45) is 2.81. The third kappa shape index (κ3) is 4.69. The molecule has 3 N–H and O–H groups in total. The van der Waals surface area contributed by atoms with Crippen LogP contribution in [-0.4, -0.2) is 18.2 Å². The van der Waals surface area contributed by atoms with E-state index in [1.54, 1.807) is 12.1 Å². The number of carbonyl (C=O) groups is 1. The van der Waals surface area contributed by atoms with Gasteiger partial charge in [0.2, 0.25) is 13.3 Å². The van der Waals surface area contributed by atoms with Crippen molar-refractivity contribution in [3.05, 3.63) is 30.3 Å². The quantitative estimate of drug-likeness (QED) is 0.357. The molecule has 0 radical (unpaired) electrons. The molecule has 4 unspecified atom stereocenters. The molecule has 1 aliphatic rings. The molecule has 0 heterocycles. The number of hydrazine groups is 1. The maximum absolute atomic E-state index is 13.6. The minimum absolute atomic E-state index is 0.0923. The predicted octanol–water partition coefficient (Wildman–Crippen LogP) is 3.06. The van der Waals surface area contributed by atoms with E-state index in [9.17, 15) is 9.36 Å². The van der Waals surface area contributed by atoms with Crippen molar-refractivity contribution < 1.29 is 13.9 Å². The fourth-order valence-corrected chi connectivity index (χ4v) is 5.69. The van der Waals surface area contributed by atoms with E-state index in [4.69, 9.17) is 10.4 Å². The Hall–Kier alpha value is -1.16. The summed E-state index contributed by atoms with van der Waals surface area (Å²) >= 11 is 0. The molecule has 0 aromatic heterocycles. The zero-order chi connectivity index (χ0) is 17.7. The molecule has 0 bridgehead atoms. The predicted molar refractivity (Wildman–Crippen MR) is 97.1 cm³/mol. The fourth-order valence-electron chi connectivity index (χ4n) is 3.53. The Morgan fingerprint density at radius 3 is 2.58 bits per heavy atom. The zero-order valence-electron chi connectivity index (χ0n) is 14.8. The Morgan fingerprint density at radius 2 is 2.00 bits per heavy atom. The summed E-state index contributed by atoms with van der Waals surface area (Å²) in [5.74, 6) is 6.10. The number of amides is 1. The molecule has 2 rings (SSSR count). The topological polar surface area (TPSA) is 81.4 Å². The molecule has 1 saturated carbocycles. The van der Waals surface area contributed by atoms with Crippen LogP contribution in [0, 0.1) is 17.8 Å². The van der Waals surface area contributed by atoms with Crippen molar-refractivity contribution in [2.75, 3.05) is 6.16 Å². The van der Waals surface area contributed by atoms with Crippen molar-refractivity contribution >= 4 is 18.6 Å². The van der Waals surface area contributed by atoms with Crippen molar-refractivity contribution in [2.24, 2.45) is 23.6 Å². The number of hydrogen-bond acceptors (Lipinski definition) is 4. The minimum atomic E-state index is -3.31. The van der Waals surface area contributed by atoms with Crippen molar-refractivity contribution in [3.63, 3.8) is 0 Å². The van der Waals surface area contributed by atoms with Gasteiger partial charge in [0.25, 0.3) is 0 Å². The van der Waals surface area contributed by atoms with Gasteiger partial charge >= 0.3 is 0 Å². The average Bonchev–Trinajstić information content (AvgIpc) is 2.55. The largest absolute Gasteiger partial charge is 0.321 e. The van der Waals surface area contributed by atoms with Crippen molar-refractivity contribution in [1.29, 1.82) is 0 Å². The van der Waals surface area contributed by atoms with Crippen LogP contribution < -0.4 is 16.6 Å². The molecule has 1 aromatic rings. The molecule has 6 heteroatoms. The second kappa shape index (κ2) is 8.28. The van der Waals surface area contributed by atoms with Gasteiger partial charge in [0.05, 0.1) is 6.10 Å². The Morgan fingerprint density at radius 1 is 1.33 bits per heavy atom. The van der Waals surface area contributed by atoms with E-state index in [1.165, 1.54) is 6.42 Å². The van der Waals surface area contributed by atoms with E-state index in [0.717, 1.165) is 12.8 Å². The summed E-state index contributed by atoms with van der Waals surface area (Å²) in [4.78, 5) is 11.8. The van der Waals surface area contributed by atoms with E-state index in [2.05, 4.69) is 26.2 Å². The summed E-state index contributed by atoms with van der Waals surface area (Å²) < 4.78 is 19.8. The van der Waals surface area contributed by atoms with E-state index < -0.39 is 13.3 Å². The number of hydrogen-bond donors (Lipinski definition) is 2. The summed E-state index contributed by atoms with van der Waals surface area (Å²) in [6, 6.07) is 9.02. The molecule has 4 atom stereocenters. The first-order valence-electron chi connectivity index (χ1n) is 8.68. The van der Waals surface area contributed by atoms with Crippen molar-refractivity contribution in [2.45, 2.75) is 46.1 Å². The summed E-state index contributed by atoms with van der Waals surface area (Å²) in [5, 5.41) is 0.578. The van der Waals surface area contributed by atoms with Gasteiger partial charge in [-0.05, 0) is 42.7 Å². The molecule has 1 fully saturated rings. The molecule has 1 aromatic carbocycles. The summed E-state index contributed by atoms with van der Waals surface area (Å²) in [6.45, 7) is 6.56. The third-order valence-corrected chi connectivity index (χ3v) is 7.33. The second-order valence-electron chi connectivity index (χ2n) is 7.20. The van der Waals surface area contributed by atoms with Gasteiger partial charge in [0, 0.05) is 5.30 Å². The average molecular weight is 352 g/mol. The standard InChI is InChI=1S/C18H29N2O3P/c1-13(2)16-10-9-14(3)11-17(16)23-24(22,12-18(21)20-19)15-7-5-4-6-8-15/h4-8,13-14,16-17H,9-12,19H2,1-3H3,(H,20,21). The maximum Gasteiger partial charge on any atom is 0.243 e. The minimum Gasteiger partial charge on any atom is -0.321 e. The van der Waals surface area contributed by atoms with Crippen LogP contribution >= 0.6 is 7.37 Å². The van der Waals surface area contributed by atoms with E-state index in [1.807, 2.05) is 18.2 Å². The van der Waals surface area contributed by atoms with Crippen LogP contribution in [0.4, 0.5) is 0 Å². The molecule has 1 aliphatic carbocycles. The lowest BCUT2D eigenvalue weighted by molar-refractivity contribution is -0.118. The first-order valence-corrected chi connectivity index (χ1v) is 10.5. The van der Waals surface area contributed by atoms with Crippen LogP contribution in [0.3, 0.4) is 0 Å². The molecule has 5 nitrogen and oxygen atoms in total. The fraction of sp³-hybridized carbons (Fsp3) is 0.611. The smallest absolute Gasteiger partial charge is 0.243 e. The van der Waals surface area contributed by atoms with Gasteiger partial charge < -0.3 is 4.52 Å². The van der Waals surface area contributed by atoms with Gasteiger partial charge in [0.15, 0.2) is 0 Å². The lowest BCUT2D eigenvalue weighted by Gasteiger charge is -2.38. The second-order valence-corrected chi connectivity index (χ2v) is 9.59. The summed E-state index contributed by atoms with van der Waals surface area (Å²) in [5.41, 5.74) is 2.08. The van der Waals surface area contributed by atoms with Gasteiger partial charge in [-0.25, -0.2) is 5.84 Å². The molecule has 0 aliphatic heterocycles. The Kier molecular flexibility index (Phi) is 6.62. The SMILES string of the molecule is CC1CCC(C(C)C)C(OP(=O)(CC(=O)NN)c2ccccc2)C1. The number of nitrogens with two attached hydrogens (primary N) is 1. The van der Waals surface area contributed by atoms with Crippen LogP contribution in [-0.2, 0) is 13.9 Å². The molecule has 0 saturated heterocycles. The Labute approximate surface area is 144 Å². The van der Waals surface area contributed by atoms with Crippen LogP contribution in [0.25, 0.3) is 0 Å². The van der Waals surface area contributed by atoms with Gasteiger partial charge in [-0.1, -0.05) is 45.4 Å². The Balaban J connectivity index is 2.29. The van der Waals surface area contributed by atoms with Crippen LogP contribution in [0.5, 0.6) is 0 Å². The zero-order valence-corrected chi connectivity index (χ0v) is 15.7. The van der Waals surface area contributed by atoms with Gasteiger partial charge in [-0.3, -0.25) is 14.8 Å². The molecule has 24 heavy (non-hydrogen) atoms. The monoisotopic (exact) mass is 352 g/mol. The van der Waals surface area contributed by atoms with Crippen molar-refractivity contribution in [3.8, 4) is 0 Å². The highest BCUT2D eigenvalue weighted by Crippen LogP contribution is 2.50. The van der Waals surface area contributed by atoms with E-state index in [-0.39, 0.29) is 12.3 Å². The van der Waals surface area contributed by atoms with Gasteiger partial charge in [0.1, 0.15) is 6.16 Å². The number of nitrogens with one attached hydrogen (secondary N) is 1. The van der Waals surface area contributed by atoms with E-state index in [0.29, 0.717) is 23.1 Å². The summed E-state index contributed by atoms with van der Waals surface area (Å²) in [7, 11) is -3.31. The molecular weight excluding hydrogens is 323 g/mol. The highest BCUT2D eigenvalue weighted by atomic mass is 31.2. The number of benzene rings is 1. The van der Waals surface area contributed by atoms with Crippen LogP contribution in [0.1, 0.15) is 40.0 Å². The number of rotatable bonds is 6. The highest BCUT2D eigenvalue weighted by Gasteiger charge is 2.38. The van der Waals surface area contributed by atoms with E-state index >= 15 is 0 Å². The molecular formula is C18H29N2O3P. The van der Waals surface area contributed by atoms with Gasteiger partial charge in [-0.2, -0.15) is 0 Å². The molecule has 0 spiro atoms. The molecule has 134 valence electrons. The third-order valence-electron chi connectivity index (χ3n) is 4.93. The van der Waals surface area contributed by atoms with Crippen LogP contribution in [0.2, 0.25) is 0 Å². The van der Waals surface area contributed by atoms with Crippen LogP contribution in [0.15, 0.2) is 30.3 Å².